The number of rotatable bonds is 2. The zero-order chi connectivity index (χ0) is 13.4. The van der Waals surface area contributed by atoms with Crippen molar-refractivity contribution in [1.29, 1.82) is 0 Å². The van der Waals surface area contributed by atoms with Crippen LogP contribution in [-0.4, -0.2) is 33.5 Å². The SMILES string of the molecule is O=C(O)C1CC(=O)N(c2ccc3nccnc3c2)C1. The molecule has 0 aliphatic carbocycles. The van der Waals surface area contributed by atoms with Gasteiger partial charge < -0.3 is 10.0 Å². The molecule has 19 heavy (non-hydrogen) atoms. The molecule has 2 heterocycles. The van der Waals surface area contributed by atoms with E-state index < -0.39 is 11.9 Å². The summed E-state index contributed by atoms with van der Waals surface area (Å²) in [6, 6.07) is 5.29. The lowest BCUT2D eigenvalue weighted by Crippen LogP contribution is -2.25. The molecule has 0 radical (unpaired) electrons. The number of hydrogen-bond acceptors (Lipinski definition) is 4. The third kappa shape index (κ3) is 2.01. The lowest BCUT2D eigenvalue weighted by Gasteiger charge is -2.16. The molecule has 1 fully saturated rings. The maximum absolute atomic E-state index is 11.9. The predicted molar refractivity (Wildman–Crippen MR) is 67.6 cm³/mol. The van der Waals surface area contributed by atoms with Gasteiger partial charge in [0.05, 0.1) is 17.0 Å². The van der Waals surface area contributed by atoms with Crippen molar-refractivity contribution < 1.29 is 14.7 Å². The van der Waals surface area contributed by atoms with Crippen LogP contribution in [0.5, 0.6) is 0 Å². The number of benzene rings is 1. The van der Waals surface area contributed by atoms with E-state index in [9.17, 15) is 9.59 Å². The van der Waals surface area contributed by atoms with E-state index in [1.54, 1.807) is 30.6 Å². The normalized spacial score (nSPS) is 19.1. The Labute approximate surface area is 108 Å². The molecule has 6 nitrogen and oxygen atoms in total. The van der Waals surface area contributed by atoms with Crippen molar-refractivity contribution >= 4 is 28.6 Å². The summed E-state index contributed by atoms with van der Waals surface area (Å²) in [5.41, 5.74) is 2.10. The number of carboxylic acids is 1. The van der Waals surface area contributed by atoms with Crippen molar-refractivity contribution in [2.75, 3.05) is 11.4 Å². The van der Waals surface area contributed by atoms with Crippen molar-refractivity contribution in [3.63, 3.8) is 0 Å². The van der Waals surface area contributed by atoms with Gasteiger partial charge in [-0.2, -0.15) is 0 Å². The van der Waals surface area contributed by atoms with Crippen LogP contribution < -0.4 is 4.90 Å². The Morgan fingerprint density at radius 1 is 1.26 bits per heavy atom. The van der Waals surface area contributed by atoms with Crippen molar-refractivity contribution in [3.8, 4) is 0 Å². The molecule has 0 spiro atoms. The van der Waals surface area contributed by atoms with Crippen molar-refractivity contribution in [2.45, 2.75) is 6.42 Å². The van der Waals surface area contributed by atoms with E-state index in [-0.39, 0.29) is 18.9 Å². The van der Waals surface area contributed by atoms with Gasteiger partial charge in [0.15, 0.2) is 0 Å². The lowest BCUT2D eigenvalue weighted by atomic mass is 10.1. The van der Waals surface area contributed by atoms with Gasteiger partial charge >= 0.3 is 5.97 Å². The highest BCUT2D eigenvalue weighted by molar-refractivity contribution is 6.00. The number of amides is 1. The summed E-state index contributed by atoms with van der Waals surface area (Å²) in [6.45, 7) is 0.208. The molecule has 3 rings (SSSR count). The van der Waals surface area contributed by atoms with E-state index >= 15 is 0 Å². The fourth-order valence-corrected chi connectivity index (χ4v) is 2.24. The topological polar surface area (TPSA) is 83.4 Å². The highest BCUT2D eigenvalue weighted by Gasteiger charge is 2.35. The average molecular weight is 257 g/mol. The summed E-state index contributed by atoms with van der Waals surface area (Å²) >= 11 is 0. The van der Waals surface area contributed by atoms with Gasteiger partial charge in [-0.3, -0.25) is 19.6 Å². The highest BCUT2D eigenvalue weighted by Crippen LogP contribution is 2.27. The van der Waals surface area contributed by atoms with Crippen molar-refractivity contribution in [3.05, 3.63) is 30.6 Å². The number of aliphatic carboxylic acids is 1. The molecular weight excluding hydrogens is 246 g/mol. The van der Waals surface area contributed by atoms with Gasteiger partial charge in [-0.05, 0) is 18.2 Å². The molecule has 0 bridgehead atoms. The number of carbonyl (C=O) groups is 2. The number of carbonyl (C=O) groups excluding carboxylic acids is 1. The van der Waals surface area contributed by atoms with Gasteiger partial charge in [0, 0.05) is 31.0 Å². The first-order chi connectivity index (χ1) is 9.15. The fourth-order valence-electron chi connectivity index (χ4n) is 2.24. The Kier molecular flexibility index (Phi) is 2.63. The zero-order valence-electron chi connectivity index (χ0n) is 9.98. The van der Waals surface area contributed by atoms with E-state index in [0.29, 0.717) is 11.2 Å². The molecule has 1 aromatic heterocycles. The van der Waals surface area contributed by atoms with Crippen molar-refractivity contribution in [1.82, 2.24) is 9.97 Å². The minimum Gasteiger partial charge on any atom is -0.481 e. The maximum atomic E-state index is 11.9. The van der Waals surface area contributed by atoms with Crippen LogP contribution in [0.25, 0.3) is 11.0 Å². The van der Waals surface area contributed by atoms with Gasteiger partial charge in [0.1, 0.15) is 0 Å². The molecule has 6 heteroatoms. The summed E-state index contributed by atoms with van der Waals surface area (Å²) in [4.78, 5) is 32.6. The largest absolute Gasteiger partial charge is 0.481 e. The molecule has 2 aromatic rings. The smallest absolute Gasteiger partial charge is 0.308 e. The third-order valence-electron chi connectivity index (χ3n) is 3.24. The second-order valence-corrected chi connectivity index (χ2v) is 4.47. The minimum atomic E-state index is -0.934. The fraction of sp³-hybridized carbons (Fsp3) is 0.231. The Morgan fingerprint density at radius 2 is 2.00 bits per heavy atom. The molecular formula is C13H11N3O3. The maximum Gasteiger partial charge on any atom is 0.308 e. The number of nitrogens with zero attached hydrogens (tertiary/aromatic N) is 3. The number of carboxylic acid groups (broad SMARTS) is 1. The first kappa shape index (κ1) is 11.6. The molecule has 96 valence electrons. The van der Waals surface area contributed by atoms with Gasteiger partial charge in [-0.25, -0.2) is 0 Å². The van der Waals surface area contributed by atoms with Crippen LogP contribution in [0.4, 0.5) is 5.69 Å². The second kappa shape index (κ2) is 4.31. The molecule has 1 aromatic carbocycles. The van der Waals surface area contributed by atoms with Crippen LogP contribution in [0.1, 0.15) is 6.42 Å². The zero-order valence-corrected chi connectivity index (χ0v) is 9.98. The molecule has 0 saturated carbocycles. The van der Waals surface area contributed by atoms with Gasteiger partial charge in [-0.1, -0.05) is 0 Å². The van der Waals surface area contributed by atoms with Crippen LogP contribution in [0.15, 0.2) is 30.6 Å². The summed E-state index contributed by atoms with van der Waals surface area (Å²) < 4.78 is 0. The van der Waals surface area contributed by atoms with Gasteiger partial charge in [0.25, 0.3) is 0 Å². The number of fused-ring (bicyclic) bond motifs is 1. The number of anilines is 1. The summed E-state index contributed by atoms with van der Waals surface area (Å²) in [6.07, 6.45) is 3.23. The van der Waals surface area contributed by atoms with E-state index in [0.717, 1.165) is 5.52 Å². The second-order valence-electron chi connectivity index (χ2n) is 4.47. The van der Waals surface area contributed by atoms with E-state index in [1.165, 1.54) is 4.90 Å². The van der Waals surface area contributed by atoms with E-state index in [1.807, 2.05) is 0 Å². The standard InChI is InChI=1S/C13H11N3O3/c17-12-5-8(13(18)19)7-16(12)9-1-2-10-11(6-9)15-4-3-14-10/h1-4,6,8H,5,7H2,(H,18,19). The summed E-state index contributed by atoms with van der Waals surface area (Å²) in [5.74, 6) is -1.74. The van der Waals surface area contributed by atoms with Crippen LogP contribution in [0, 0.1) is 5.92 Å². The lowest BCUT2D eigenvalue weighted by molar-refractivity contribution is -0.141. The molecule has 1 aliphatic heterocycles. The molecule has 1 aliphatic rings. The van der Waals surface area contributed by atoms with Crippen LogP contribution in [0.3, 0.4) is 0 Å². The third-order valence-corrected chi connectivity index (χ3v) is 3.24. The highest BCUT2D eigenvalue weighted by atomic mass is 16.4. The average Bonchev–Trinajstić information content (AvgIpc) is 2.80. The molecule has 1 unspecified atom stereocenters. The Balaban J connectivity index is 1.96. The van der Waals surface area contributed by atoms with E-state index in [4.69, 9.17) is 5.11 Å². The van der Waals surface area contributed by atoms with Gasteiger partial charge in [-0.15, -0.1) is 0 Å². The summed E-state index contributed by atoms with van der Waals surface area (Å²) in [5, 5.41) is 8.97. The quantitative estimate of drug-likeness (QED) is 0.869. The molecule has 1 saturated heterocycles. The first-order valence-corrected chi connectivity index (χ1v) is 5.89. The minimum absolute atomic E-state index is 0.0494. The van der Waals surface area contributed by atoms with Crippen molar-refractivity contribution in [2.24, 2.45) is 5.92 Å². The molecule has 1 amide bonds. The monoisotopic (exact) mass is 257 g/mol. The predicted octanol–water partition coefficient (Wildman–Crippen LogP) is 1.07. The van der Waals surface area contributed by atoms with Crippen LogP contribution in [-0.2, 0) is 9.59 Å². The Bertz CT molecular complexity index is 671. The number of aromatic nitrogens is 2. The molecule has 1 N–H and O–H groups in total. The molecule has 1 atom stereocenters. The summed E-state index contributed by atoms with van der Waals surface area (Å²) in [7, 11) is 0. The number of hydrogen-bond donors (Lipinski definition) is 1. The van der Waals surface area contributed by atoms with E-state index in [2.05, 4.69) is 9.97 Å². The van der Waals surface area contributed by atoms with Crippen LogP contribution in [0.2, 0.25) is 0 Å². The Morgan fingerprint density at radius 3 is 2.68 bits per heavy atom. The first-order valence-electron chi connectivity index (χ1n) is 5.89. The Hall–Kier alpha value is -2.50. The van der Waals surface area contributed by atoms with Crippen LogP contribution >= 0.6 is 0 Å². The van der Waals surface area contributed by atoms with Gasteiger partial charge in [0.2, 0.25) is 5.91 Å².